The Morgan fingerprint density at radius 3 is 2.64 bits per heavy atom. The average molecular weight is 532 g/mol. The number of methoxy groups -OCH3 is 1. The first-order chi connectivity index (χ1) is 18.9. The van der Waals surface area contributed by atoms with Crippen molar-refractivity contribution in [1.82, 2.24) is 25.2 Å². The van der Waals surface area contributed by atoms with Crippen LogP contribution in [0.15, 0.2) is 55.1 Å². The van der Waals surface area contributed by atoms with Crippen LogP contribution in [0.2, 0.25) is 0 Å². The second-order valence-corrected chi connectivity index (χ2v) is 9.52. The maximum Gasteiger partial charge on any atom is 0.327 e. The molecule has 3 aromatic rings. The van der Waals surface area contributed by atoms with E-state index in [0.717, 1.165) is 27.7 Å². The van der Waals surface area contributed by atoms with Gasteiger partial charge in [0, 0.05) is 48.3 Å². The van der Waals surface area contributed by atoms with Crippen LogP contribution in [0.1, 0.15) is 39.5 Å². The number of amides is 5. The molecule has 0 radical (unpaired) electrons. The molecule has 2 bridgehead atoms. The summed E-state index contributed by atoms with van der Waals surface area (Å²) in [7, 11) is 1.59. The number of hydrogen-bond donors (Lipinski definition) is 3. The zero-order valence-electron chi connectivity index (χ0n) is 21.5. The molecule has 1 saturated heterocycles. The van der Waals surface area contributed by atoms with Crippen LogP contribution >= 0.6 is 0 Å². The molecule has 1 unspecified atom stereocenters. The van der Waals surface area contributed by atoms with E-state index in [1.165, 1.54) is 11.0 Å². The number of ether oxygens (including phenoxy) is 1. The summed E-state index contributed by atoms with van der Waals surface area (Å²) in [6.07, 6.45) is 1.61. The van der Waals surface area contributed by atoms with E-state index in [4.69, 9.17) is 9.94 Å². The predicted octanol–water partition coefficient (Wildman–Crippen LogP) is 2.37. The standard InChI is InChI=1S/C28H29N5O6/c1-3-24(34)29-11-4-12-32-27(36)21-15-31(28(32)37)16-23-25(21)20-13-19(39-2)9-10-22(20)33(23)14-17-5-7-18(8-6-17)26(35)30-38/h3,5-10,13,21,38H,1,4,11-12,14-16H2,2H3,(H,29,34)(H,30,35). The molecule has 3 N–H and O–H groups in total. The highest BCUT2D eigenvalue weighted by atomic mass is 16.5. The van der Waals surface area contributed by atoms with Gasteiger partial charge in [-0.1, -0.05) is 18.7 Å². The zero-order chi connectivity index (χ0) is 27.7. The number of urea groups is 1. The van der Waals surface area contributed by atoms with Crippen molar-refractivity contribution < 1.29 is 29.1 Å². The normalized spacial score (nSPS) is 16.2. The monoisotopic (exact) mass is 531 g/mol. The molecule has 1 aromatic heterocycles. The van der Waals surface area contributed by atoms with Gasteiger partial charge < -0.3 is 19.5 Å². The minimum absolute atomic E-state index is 0.202. The van der Waals surface area contributed by atoms with E-state index in [9.17, 15) is 19.2 Å². The predicted molar refractivity (Wildman–Crippen MR) is 141 cm³/mol. The van der Waals surface area contributed by atoms with E-state index in [-0.39, 0.29) is 24.4 Å². The lowest BCUT2D eigenvalue weighted by atomic mass is 9.88. The van der Waals surface area contributed by atoms with Gasteiger partial charge in [-0.2, -0.15) is 0 Å². The number of benzene rings is 2. The van der Waals surface area contributed by atoms with Gasteiger partial charge in [-0.3, -0.25) is 24.5 Å². The van der Waals surface area contributed by atoms with Gasteiger partial charge in [-0.15, -0.1) is 0 Å². The lowest BCUT2D eigenvalue weighted by molar-refractivity contribution is -0.133. The Balaban J connectivity index is 1.50. The van der Waals surface area contributed by atoms with Crippen LogP contribution in [-0.2, 0) is 22.7 Å². The third-order valence-corrected chi connectivity index (χ3v) is 7.28. The van der Waals surface area contributed by atoms with Gasteiger partial charge in [-0.05, 0) is 54.0 Å². The highest BCUT2D eigenvalue weighted by Gasteiger charge is 2.45. The van der Waals surface area contributed by atoms with Gasteiger partial charge in [0.25, 0.3) is 5.91 Å². The number of imide groups is 1. The lowest BCUT2D eigenvalue weighted by Gasteiger charge is -2.42. The number of hydrogen-bond acceptors (Lipinski definition) is 6. The molecule has 202 valence electrons. The molecule has 3 heterocycles. The third kappa shape index (κ3) is 4.72. The number of nitrogens with zero attached hydrogens (tertiary/aromatic N) is 3. The van der Waals surface area contributed by atoms with Crippen LogP contribution in [-0.4, -0.2) is 70.1 Å². The number of carbonyl (C=O) groups is 4. The first kappa shape index (κ1) is 26.0. The van der Waals surface area contributed by atoms with Gasteiger partial charge in [0.05, 0.1) is 19.6 Å². The molecule has 0 aliphatic carbocycles. The van der Waals surface area contributed by atoms with E-state index in [1.54, 1.807) is 41.8 Å². The van der Waals surface area contributed by atoms with Crippen LogP contribution in [0.4, 0.5) is 4.79 Å². The molecule has 2 aliphatic heterocycles. The van der Waals surface area contributed by atoms with Crippen LogP contribution < -0.4 is 15.5 Å². The number of hydroxylamine groups is 1. The number of fused-ring (bicyclic) bond motifs is 6. The maximum absolute atomic E-state index is 13.7. The van der Waals surface area contributed by atoms with Crippen LogP contribution in [0.3, 0.4) is 0 Å². The first-order valence-corrected chi connectivity index (χ1v) is 12.6. The minimum Gasteiger partial charge on any atom is -0.497 e. The Morgan fingerprint density at radius 1 is 1.18 bits per heavy atom. The molecule has 1 atom stereocenters. The van der Waals surface area contributed by atoms with E-state index in [0.29, 0.717) is 43.9 Å². The van der Waals surface area contributed by atoms with Crippen molar-refractivity contribution in [3.05, 3.63) is 77.5 Å². The smallest absolute Gasteiger partial charge is 0.327 e. The van der Waals surface area contributed by atoms with Crippen molar-refractivity contribution >= 4 is 34.7 Å². The summed E-state index contributed by atoms with van der Waals surface area (Å²) in [5.41, 5.74) is 5.54. The number of aromatic nitrogens is 1. The molecular formula is C28H29N5O6. The summed E-state index contributed by atoms with van der Waals surface area (Å²) >= 11 is 0. The second-order valence-electron chi connectivity index (χ2n) is 9.52. The summed E-state index contributed by atoms with van der Waals surface area (Å²) in [5.74, 6) is -1.01. The molecule has 39 heavy (non-hydrogen) atoms. The SMILES string of the molecule is C=CC(=O)NCCCN1C(=O)C2CN(Cc3c2c2cc(OC)ccc2n3Cc2ccc(C(=O)NO)cc2)C1=O. The maximum atomic E-state index is 13.7. The Labute approximate surface area is 224 Å². The molecule has 2 aromatic carbocycles. The van der Waals surface area contributed by atoms with E-state index in [2.05, 4.69) is 16.5 Å². The van der Waals surface area contributed by atoms with Crippen molar-refractivity contribution in [2.24, 2.45) is 0 Å². The van der Waals surface area contributed by atoms with Gasteiger partial charge in [0.2, 0.25) is 11.8 Å². The molecule has 5 amide bonds. The average Bonchev–Trinajstić information content (AvgIpc) is 3.27. The summed E-state index contributed by atoms with van der Waals surface area (Å²) in [6, 6.07) is 12.3. The largest absolute Gasteiger partial charge is 0.497 e. The molecule has 0 saturated carbocycles. The molecule has 11 nitrogen and oxygen atoms in total. The van der Waals surface area contributed by atoms with Crippen molar-refractivity contribution in [2.75, 3.05) is 26.7 Å². The third-order valence-electron chi connectivity index (χ3n) is 7.28. The molecule has 0 spiro atoms. The molecular weight excluding hydrogens is 502 g/mol. The Morgan fingerprint density at radius 2 is 1.95 bits per heavy atom. The van der Waals surface area contributed by atoms with Crippen molar-refractivity contribution in [3.63, 3.8) is 0 Å². The molecule has 1 fully saturated rings. The van der Waals surface area contributed by atoms with E-state index < -0.39 is 11.8 Å². The fraction of sp³-hybridized carbons (Fsp3) is 0.286. The van der Waals surface area contributed by atoms with Crippen LogP contribution in [0.5, 0.6) is 5.75 Å². The topological polar surface area (TPSA) is 133 Å². The first-order valence-electron chi connectivity index (χ1n) is 12.6. The lowest BCUT2D eigenvalue weighted by Crippen LogP contribution is -2.58. The fourth-order valence-electron chi connectivity index (χ4n) is 5.37. The zero-order valence-corrected chi connectivity index (χ0v) is 21.5. The van der Waals surface area contributed by atoms with Crippen LogP contribution in [0, 0.1) is 0 Å². The van der Waals surface area contributed by atoms with Crippen molar-refractivity contribution in [1.29, 1.82) is 0 Å². The van der Waals surface area contributed by atoms with Crippen molar-refractivity contribution in [2.45, 2.75) is 25.4 Å². The summed E-state index contributed by atoms with van der Waals surface area (Å²) in [5, 5.41) is 12.5. The second kappa shape index (κ2) is 10.6. The minimum atomic E-state index is -0.595. The fourth-order valence-corrected chi connectivity index (χ4v) is 5.37. The number of carbonyl (C=O) groups excluding carboxylic acids is 4. The van der Waals surface area contributed by atoms with E-state index in [1.807, 2.05) is 18.2 Å². The van der Waals surface area contributed by atoms with Gasteiger partial charge in [-0.25, -0.2) is 10.3 Å². The van der Waals surface area contributed by atoms with Crippen LogP contribution in [0.25, 0.3) is 10.9 Å². The summed E-state index contributed by atoms with van der Waals surface area (Å²) < 4.78 is 7.58. The molecule has 2 aliphatic rings. The number of nitrogens with one attached hydrogen (secondary N) is 2. The Bertz CT molecular complexity index is 1480. The number of rotatable bonds is 9. The highest BCUT2D eigenvalue weighted by molar-refractivity contribution is 6.04. The van der Waals surface area contributed by atoms with E-state index >= 15 is 0 Å². The quantitative estimate of drug-likeness (QED) is 0.168. The Hall–Kier alpha value is -4.64. The van der Waals surface area contributed by atoms with Crippen molar-refractivity contribution in [3.8, 4) is 5.75 Å². The van der Waals surface area contributed by atoms with Gasteiger partial charge >= 0.3 is 6.03 Å². The highest BCUT2D eigenvalue weighted by Crippen LogP contribution is 2.42. The van der Waals surface area contributed by atoms with Gasteiger partial charge in [0.1, 0.15) is 5.75 Å². The molecule has 11 heteroatoms. The Kier molecular flexibility index (Phi) is 7.07. The summed E-state index contributed by atoms with van der Waals surface area (Å²) in [4.78, 5) is 53.1. The summed E-state index contributed by atoms with van der Waals surface area (Å²) in [6.45, 7) is 5.04. The van der Waals surface area contributed by atoms with Gasteiger partial charge in [0.15, 0.2) is 0 Å². The molecule has 5 rings (SSSR count).